The average Bonchev–Trinajstić information content (AvgIpc) is 3.14. The van der Waals surface area contributed by atoms with Gasteiger partial charge < -0.3 is 4.90 Å². The second-order valence-corrected chi connectivity index (χ2v) is 16.2. The van der Waals surface area contributed by atoms with E-state index >= 15 is 0 Å². The van der Waals surface area contributed by atoms with Crippen LogP contribution in [-0.2, 0) is 16.2 Å². The van der Waals surface area contributed by atoms with E-state index in [1.165, 1.54) is 22.3 Å². The average molecular weight is 672 g/mol. The van der Waals surface area contributed by atoms with Gasteiger partial charge in [-0.1, -0.05) is 118 Å². The molecule has 1 nitrogen and oxygen atoms in total. The SMILES string of the molecule is CC1(C)c2cc(-c3ccc(N(c4ccc(Br)cc4)c4ccc(Br)cc4)cc3)cc3c2C(C)(C1(C)C)C(C)(C)C3(C)C. The first-order chi connectivity index (χ1) is 19.1. The molecule has 0 unspecified atom stereocenters. The summed E-state index contributed by atoms with van der Waals surface area (Å²) in [4.78, 5) is 2.31. The molecule has 0 heterocycles. The molecule has 0 aliphatic heterocycles. The van der Waals surface area contributed by atoms with E-state index in [4.69, 9.17) is 0 Å². The summed E-state index contributed by atoms with van der Waals surface area (Å²) in [7, 11) is 0. The van der Waals surface area contributed by atoms with Crippen LogP contribution in [0.2, 0.25) is 0 Å². The Kier molecular flexibility index (Phi) is 6.36. The molecule has 4 aromatic carbocycles. The normalized spacial score (nSPS) is 20.1. The van der Waals surface area contributed by atoms with Crippen LogP contribution in [0, 0.1) is 10.8 Å². The van der Waals surface area contributed by atoms with E-state index < -0.39 is 0 Å². The molecule has 0 spiro atoms. The quantitative estimate of drug-likeness (QED) is 0.209. The summed E-state index contributed by atoms with van der Waals surface area (Å²) >= 11 is 7.19. The third kappa shape index (κ3) is 3.70. The molecule has 3 heteroatoms. The molecule has 0 radical (unpaired) electrons. The molecular formula is C38H41Br2N. The molecule has 2 aliphatic rings. The van der Waals surface area contributed by atoms with Crippen LogP contribution >= 0.6 is 31.9 Å². The number of halogens is 2. The van der Waals surface area contributed by atoms with Crippen LogP contribution in [0.15, 0.2) is 93.9 Å². The van der Waals surface area contributed by atoms with Crippen LogP contribution in [0.4, 0.5) is 17.1 Å². The highest BCUT2D eigenvalue weighted by molar-refractivity contribution is 9.10. The Morgan fingerprint density at radius 1 is 0.463 bits per heavy atom. The van der Waals surface area contributed by atoms with Gasteiger partial charge >= 0.3 is 0 Å². The van der Waals surface area contributed by atoms with Gasteiger partial charge in [0.1, 0.15) is 0 Å². The van der Waals surface area contributed by atoms with E-state index in [-0.39, 0.29) is 27.1 Å². The number of nitrogens with zero attached hydrogens (tertiary/aromatic N) is 1. The minimum atomic E-state index is 0.0650. The highest BCUT2D eigenvalue weighted by atomic mass is 79.9. The molecular weight excluding hydrogens is 630 g/mol. The first kappa shape index (κ1) is 28.7. The lowest BCUT2D eigenvalue weighted by Gasteiger charge is -2.56. The summed E-state index contributed by atoms with van der Waals surface area (Å²) in [6, 6.07) is 31.2. The molecule has 6 rings (SSSR count). The first-order valence-corrected chi connectivity index (χ1v) is 16.3. The van der Waals surface area contributed by atoms with Crippen LogP contribution in [0.25, 0.3) is 11.1 Å². The molecule has 0 amide bonds. The number of benzene rings is 4. The predicted molar refractivity (Wildman–Crippen MR) is 183 cm³/mol. The van der Waals surface area contributed by atoms with Crippen molar-refractivity contribution in [3.63, 3.8) is 0 Å². The Morgan fingerprint density at radius 3 is 1.17 bits per heavy atom. The molecule has 212 valence electrons. The fourth-order valence-corrected chi connectivity index (χ4v) is 8.62. The van der Waals surface area contributed by atoms with Gasteiger partial charge in [0.15, 0.2) is 0 Å². The molecule has 0 fully saturated rings. The third-order valence-corrected chi connectivity index (χ3v) is 13.3. The largest absolute Gasteiger partial charge is 0.311 e. The van der Waals surface area contributed by atoms with Crippen molar-refractivity contribution in [1.29, 1.82) is 0 Å². The van der Waals surface area contributed by atoms with Crippen LogP contribution in [0.3, 0.4) is 0 Å². The zero-order valence-electron chi connectivity index (χ0n) is 25.8. The van der Waals surface area contributed by atoms with E-state index in [2.05, 4.69) is 184 Å². The highest BCUT2D eigenvalue weighted by Crippen LogP contribution is 2.76. The van der Waals surface area contributed by atoms with Crippen molar-refractivity contribution in [2.24, 2.45) is 10.8 Å². The van der Waals surface area contributed by atoms with Crippen molar-refractivity contribution >= 4 is 48.9 Å². The van der Waals surface area contributed by atoms with Crippen LogP contribution in [0.5, 0.6) is 0 Å². The van der Waals surface area contributed by atoms with Gasteiger partial charge in [0, 0.05) is 31.4 Å². The molecule has 0 bridgehead atoms. The summed E-state index contributed by atoms with van der Waals surface area (Å²) in [5, 5.41) is 0. The Labute approximate surface area is 263 Å². The van der Waals surface area contributed by atoms with Crippen LogP contribution < -0.4 is 4.90 Å². The zero-order valence-corrected chi connectivity index (χ0v) is 29.0. The van der Waals surface area contributed by atoms with Crippen molar-refractivity contribution in [3.05, 3.63) is 111 Å². The summed E-state index contributed by atoms with van der Waals surface area (Å²) in [6.07, 6.45) is 0. The monoisotopic (exact) mass is 669 g/mol. The van der Waals surface area contributed by atoms with E-state index in [0.29, 0.717) is 0 Å². The lowest BCUT2D eigenvalue weighted by molar-refractivity contribution is -0.0105. The molecule has 0 saturated heterocycles. The Morgan fingerprint density at radius 2 is 0.805 bits per heavy atom. The van der Waals surface area contributed by atoms with Gasteiger partial charge in [-0.15, -0.1) is 0 Å². The molecule has 4 aromatic rings. The van der Waals surface area contributed by atoms with Crippen molar-refractivity contribution in [2.75, 3.05) is 4.90 Å². The van der Waals surface area contributed by atoms with Gasteiger partial charge in [0.2, 0.25) is 0 Å². The lowest BCUT2D eigenvalue weighted by atomic mass is 9.47. The summed E-state index contributed by atoms with van der Waals surface area (Å²) in [6.45, 7) is 22.5. The van der Waals surface area contributed by atoms with Gasteiger partial charge in [-0.25, -0.2) is 0 Å². The lowest BCUT2D eigenvalue weighted by Crippen LogP contribution is -2.54. The minimum absolute atomic E-state index is 0.0650. The van der Waals surface area contributed by atoms with E-state index in [1.807, 2.05) is 0 Å². The first-order valence-electron chi connectivity index (χ1n) is 14.7. The predicted octanol–water partition coefficient (Wildman–Crippen LogP) is 12.2. The summed E-state index contributed by atoms with van der Waals surface area (Å²) in [5.74, 6) is 0. The van der Waals surface area contributed by atoms with Gasteiger partial charge in [0.05, 0.1) is 0 Å². The van der Waals surface area contributed by atoms with Gasteiger partial charge in [-0.2, -0.15) is 0 Å². The Bertz CT molecular complexity index is 1540. The van der Waals surface area contributed by atoms with Gasteiger partial charge in [-0.05, 0) is 110 Å². The topological polar surface area (TPSA) is 3.24 Å². The molecule has 0 aromatic heterocycles. The number of rotatable bonds is 4. The van der Waals surface area contributed by atoms with Crippen LogP contribution in [0.1, 0.15) is 79.0 Å². The summed E-state index contributed by atoms with van der Waals surface area (Å²) < 4.78 is 2.15. The van der Waals surface area contributed by atoms with Gasteiger partial charge in [0.25, 0.3) is 0 Å². The maximum absolute atomic E-state index is 3.60. The molecule has 0 atom stereocenters. The van der Waals surface area contributed by atoms with Crippen molar-refractivity contribution in [1.82, 2.24) is 0 Å². The van der Waals surface area contributed by atoms with E-state index in [9.17, 15) is 0 Å². The maximum atomic E-state index is 3.60. The second kappa shape index (κ2) is 9.07. The summed E-state index contributed by atoms with van der Waals surface area (Å²) in [5.41, 5.74) is 11.1. The van der Waals surface area contributed by atoms with Crippen molar-refractivity contribution in [3.8, 4) is 11.1 Å². The van der Waals surface area contributed by atoms with E-state index in [1.54, 1.807) is 5.56 Å². The molecule has 0 N–H and O–H groups in total. The van der Waals surface area contributed by atoms with Crippen LogP contribution in [-0.4, -0.2) is 0 Å². The standard InChI is InChI=1S/C38H41Br2N/c1-34(2)31-22-25(23-32-33(31)38(9,36(34,5)6)37(7,8)35(32,3)4)24-10-16-28(17-11-24)41(29-18-12-26(39)13-19-29)30-20-14-27(40)15-21-30/h10-23H,1-9H3. The Balaban J connectivity index is 1.49. The minimum Gasteiger partial charge on any atom is -0.311 e. The van der Waals surface area contributed by atoms with Crippen molar-refractivity contribution in [2.45, 2.75) is 78.6 Å². The number of hydrogen-bond donors (Lipinski definition) is 0. The number of anilines is 3. The molecule has 0 saturated carbocycles. The maximum Gasteiger partial charge on any atom is 0.0462 e. The third-order valence-electron chi connectivity index (χ3n) is 12.2. The highest BCUT2D eigenvalue weighted by Gasteiger charge is 2.72. The van der Waals surface area contributed by atoms with Gasteiger partial charge in [-0.3, -0.25) is 0 Å². The molecule has 2 aliphatic carbocycles. The zero-order chi connectivity index (χ0) is 29.8. The second-order valence-electron chi connectivity index (χ2n) is 14.4. The fraction of sp³-hybridized carbons (Fsp3) is 0.368. The number of hydrogen-bond acceptors (Lipinski definition) is 1. The Hall–Kier alpha value is -2.36. The molecule has 41 heavy (non-hydrogen) atoms. The fourth-order valence-electron chi connectivity index (χ4n) is 8.09. The smallest absolute Gasteiger partial charge is 0.0462 e. The van der Waals surface area contributed by atoms with Crippen molar-refractivity contribution < 1.29 is 0 Å². The van der Waals surface area contributed by atoms with E-state index in [0.717, 1.165) is 26.0 Å².